The molecule has 0 aliphatic carbocycles. The number of para-hydroxylation sites is 1. The third-order valence-electron chi connectivity index (χ3n) is 5.46. The minimum absolute atomic E-state index is 0.0309. The molecule has 0 saturated carbocycles. The van der Waals surface area contributed by atoms with E-state index in [1.54, 1.807) is 47.5 Å². The monoisotopic (exact) mass is 475 g/mol. The summed E-state index contributed by atoms with van der Waals surface area (Å²) in [6.45, 7) is 1.99. The van der Waals surface area contributed by atoms with Gasteiger partial charge < -0.3 is 0 Å². The smallest absolute Gasteiger partial charge is 0.264 e. The van der Waals surface area contributed by atoms with Gasteiger partial charge in [-0.05, 0) is 54.4 Å². The second-order valence-electron chi connectivity index (χ2n) is 7.83. The van der Waals surface area contributed by atoms with Crippen LogP contribution in [0.1, 0.15) is 16.5 Å². The Morgan fingerprint density at radius 3 is 2.64 bits per heavy atom. The van der Waals surface area contributed by atoms with Gasteiger partial charge in [0.15, 0.2) is 0 Å². The highest BCUT2D eigenvalue weighted by atomic mass is 32.2. The number of nitrogens with zero attached hydrogens (tertiary/aromatic N) is 2. The first-order valence-corrected chi connectivity index (χ1v) is 12.9. The lowest BCUT2D eigenvalue weighted by molar-refractivity contribution is -0.115. The quantitative estimate of drug-likeness (QED) is 0.433. The number of hydrogen-bond donors (Lipinski definition) is 1. The van der Waals surface area contributed by atoms with Crippen molar-refractivity contribution in [1.82, 2.24) is 4.98 Å². The number of anilines is 2. The molecule has 166 valence electrons. The number of benzene rings is 3. The number of thioether (sulfide) groups is 1. The lowest BCUT2D eigenvalue weighted by atomic mass is 10.1. The zero-order valence-corrected chi connectivity index (χ0v) is 19.4. The number of hydrogen-bond acceptors (Lipinski definition) is 5. The Labute approximate surface area is 196 Å². The molecule has 33 heavy (non-hydrogen) atoms. The molecular formula is C25H21N3O3S2. The van der Waals surface area contributed by atoms with Crippen molar-refractivity contribution in [2.75, 3.05) is 15.4 Å². The van der Waals surface area contributed by atoms with E-state index >= 15 is 0 Å². The van der Waals surface area contributed by atoms with Gasteiger partial charge in [-0.1, -0.05) is 42.5 Å². The first kappa shape index (κ1) is 21.5. The second kappa shape index (κ2) is 8.53. The predicted octanol–water partition coefficient (Wildman–Crippen LogP) is 5.12. The average Bonchev–Trinajstić information content (AvgIpc) is 3.20. The summed E-state index contributed by atoms with van der Waals surface area (Å²) in [6.07, 6.45) is 1.58. The van der Waals surface area contributed by atoms with Crippen LogP contribution in [-0.2, 0) is 14.8 Å². The van der Waals surface area contributed by atoms with Crippen LogP contribution in [0, 0.1) is 6.92 Å². The van der Waals surface area contributed by atoms with E-state index in [1.807, 2.05) is 49.4 Å². The molecule has 0 spiro atoms. The van der Waals surface area contributed by atoms with Crippen LogP contribution in [0.3, 0.4) is 0 Å². The standard InChI is InChI=1S/C25H21N3O3S2/c1-17-6-2-11-21(14-17)28-23(29)16-32-25(28)19-8-3-10-20(15-19)27-33(30,31)22-12-4-7-18-9-5-13-26-24(18)22/h2-15,25,27H,16H2,1H3. The van der Waals surface area contributed by atoms with Gasteiger partial charge in [0.25, 0.3) is 10.0 Å². The van der Waals surface area contributed by atoms with Gasteiger partial charge in [0, 0.05) is 23.0 Å². The fraction of sp³-hybridized carbons (Fsp3) is 0.120. The van der Waals surface area contributed by atoms with Crippen LogP contribution in [0.2, 0.25) is 0 Å². The summed E-state index contributed by atoms with van der Waals surface area (Å²) in [6, 6.07) is 23.7. The fourth-order valence-electron chi connectivity index (χ4n) is 3.99. The van der Waals surface area contributed by atoms with Crippen molar-refractivity contribution in [3.05, 3.63) is 96.2 Å². The molecule has 4 aromatic rings. The van der Waals surface area contributed by atoms with Gasteiger partial charge in [-0.3, -0.25) is 19.4 Å². The third-order valence-corrected chi connectivity index (χ3v) is 8.08. The molecule has 1 amide bonds. The summed E-state index contributed by atoms with van der Waals surface area (Å²) in [4.78, 5) is 18.8. The molecule has 8 heteroatoms. The summed E-state index contributed by atoms with van der Waals surface area (Å²) < 4.78 is 29.1. The largest absolute Gasteiger partial charge is 0.295 e. The van der Waals surface area contributed by atoms with Gasteiger partial charge in [-0.2, -0.15) is 0 Å². The van der Waals surface area contributed by atoms with Gasteiger partial charge in [0.2, 0.25) is 5.91 Å². The summed E-state index contributed by atoms with van der Waals surface area (Å²) >= 11 is 1.53. The molecule has 6 nitrogen and oxygen atoms in total. The number of aryl methyl sites for hydroxylation is 1. The Balaban J connectivity index is 1.47. The molecule has 1 aliphatic rings. The van der Waals surface area contributed by atoms with E-state index in [1.165, 1.54) is 11.8 Å². The van der Waals surface area contributed by atoms with Crippen molar-refractivity contribution < 1.29 is 13.2 Å². The van der Waals surface area contributed by atoms with Crippen LogP contribution in [0.25, 0.3) is 10.9 Å². The molecule has 1 atom stereocenters. The third kappa shape index (κ3) is 4.19. The Morgan fingerprint density at radius 2 is 1.79 bits per heavy atom. The first-order valence-electron chi connectivity index (χ1n) is 10.4. The van der Waals surface area contributed by atoms with Gasteiger partial charge in [0.05, 0.1) is 11.3 Å². The summed E-state index contributed by atoms with van der Waals surface area (Å²) in [7, 11) is -3.86. The number of amides is 1. The zero-order chi connectivity index (χ0) is 23.0. The van der Waals surface area contributed by atoms with Crippen molar-refractivity contribution in [1.29, 1.82) is 0 Å². The van der Waals surface area contributed by atoms with E-state index in [4.69, 9.17) is 0 Å². The number of carbonyl (C=O) groups is 1. The lowest BCUT2D eigenvalue weighted by Crippen LogP contribution is -2.27. The van der Waals surface area contributed by atoms with Crippen LogP contribution in [0.5, 0.6) is 0 Å². The number of aromatic nitrogens is 1. The van der Waals surface area contributed by atoms with Crippen molar-refractivity contribution in [3.8, 4) is 0 Å². The van der Waals surface area contributed by atoms with Gasteiger partial charge in [0.1, 0.15) is 10.3 Å². The fourth-order valence-corrected chi connectivity index (χ4v) is 6.38. The lowest BCUT2D eigenvalue weighted by Gasteiger charge is -2.25. The van der Waals surface area contributed by atoms with Crippen LogP contribution >= 0.6 is 11.8 Å². The Morgan fingerprint density at radius 1 is 1.00 bits per heavy atom. The normalized spacial score (nSPS) is 16.3. The molecule has 2 heterocycles. The summed E-state index contributed by atoms with van der Waals surface area (Å²) in [5.41, 5.74) is 3.61. The molecule has 5 rings (SSSR count). The summed E-state index contributed by atoms with van der Waals surface area (Å²) in [5, 5.41) is 0.520. The maximum Gasteiger partial charge on any atom is 0.264 e. The maximum absolute atomic E-state index is 13.2. The number of carbonyl (C=O) groups excluding carboxylic acids is 1. The second-order valence-corrected chi connectivity index (χ2v) is 10.5. The molecule has 3 aromatic carbocycles. The minimum atomic E-state index is -3.86. The van der Waals surface area contributed by atoms with Gasteiger partial charge in [-0.25, -0.2) is 8.42 Å². The molecule has 1 unspecified atom stereocenters. The minimum Gasteiger partial charge on any atom is -0.295 e. The molecular weight excluding hydrogens is 454 g/mol. The molecule has 1 N–H and O–H groups in total. The van der Waals surface area contributed by atoms with E-state index in [9.17, 15) is 13.2 Å². The molecule has 1 fully saturated rings. The number of nitrogens with one attached hydrogen (secondary N) is 1. The maximum atomic E-state index is 13.2. The van der Waals surface area contributed by atoms with Crippen LogP contribution < -0.4 is 9.62 Å². The van der Waals surface area contributed by atoms with E-state index in [-0.39, 0.29) is 16.2 Å². The molecule has 0 bridgehead atoms. The van der Waals surface area contributed by atoms with E-state index < -0.39 is 10.0 Å². The van der Waals surface area contributed by atoms with Crippen LogP contribution in [0.4, 0.5) is 11.4 Å². The van der Waals surface area contributed by atoms with E-state index in [0.717, 1.165) is 22.2 Å². The van der Waals surface area contributed by atoms with Crippen LogP contribution in [0.15, 0.2) is 90.0 Å². The highest BCUT2D eigenvalue weighted by Gasteiger charge is 2.34. The molecule has 1 saturated heterocycles. The number of rotatable bonds is 5. The Kier molecular flexibility index (Phi) is 5.55. The van der Waals surface area contributed by atoms with Gasteiger partial charge >= 0.3 is 0 Å². The molecule has 1 aliphatic heterocycles. The van der Waals surface area contributed by atoms with Crippen molar-refractivity contribution in [2.45, 2.75) is 17.2 Å². The molecule has 1 aromatic heterocycles. The Hall–Kier alpha value is -3.36. The van der Waals surface area contributed by atoms with E-state index in [0.29, 0.717) is 17.0 Å². The average molecular weight is 476 g/mol. The highest BCUT2D eigenvalue weighted by molar-refractivity contribution is 8.00. The van der Waals surface area contributed by atoms with Crippen LogP contribution in [-0.4, -0.2) is 25.1 Å². The number of sulfonamides is 1. The van der Waals surface area contributed by atoms with Crippen molar-refractivity contribution in [3.63, 3.8) is 0 Å². The summed E-state index contributed by atoms with van der Waals surface area (Å²) in [5.74, 6) is 0.402. The molecule has 0 radical (unpaired) electrons. The first-order chi connectivity index (χ1) is 15.9. The highest BCUT2D eigenvalue weighted by Crippen LogP contribution is 2.42. The SMILES string of the molecule is Cc1cccc(N2C(=O)CSC2c2cccc(NS(=O)(=O)c3cccc4cccnc34)c2)c1. The number of pyridine rings is 1. The zero-order valence-electron chi connectivity index (χ0n) is 17.8. The topological polar surface area (TPSA) is 79.4 Å². The van der Waals surface area contributed by atoms with Crippen molar-refractivity contribution >= 4 is 50.0 Å². The number of fused-ring (bicyclic) bond motifs is 1. The Bertz CT molecular complexity index is 1470. The van der Waals surface area contributed by atoms with E-state index in [2.05, 4.69) is 9.71 Å². The van der Waals surface area contributed by atoms with Crippen molar-refractivity contribution in [2.24, 2.45) is 0 Å². The van der Waals surface area contributed by atoms with Gasteiger partial charge in [-0.15, -0.1) is 11.8 Å². The predicted molar refractivity (Wildman–Crippen MR) is 133 cm³/mol.